The summed E-state index contributed by atoms with van der Waals surface area (Å²) in [6.45, 7) is 4.49. The van der Waals surface area contributed by atoms with Gasteiger partial charge >= 0.3 is 0 Å². The Labute approximate surface area is 226 Å². The van der Waals surface area contributed by atoms with Gasteiger partial charge in [-0.2, -0.15) is 15.8 Å². The zero-order valence-electron chi connectivity index (χ0n) is 21.0. The largest absolute Gasteiger partial charge is 0.494 e. The molecule has 8 heteroatoms. The Morgan fingerprint density at radius 3 is 2.19 bits per heavy atom. The van der Waals surface area contributed by atoms with Crippen LogP contribution in [0, 0.1) is 56.2 Å². The minimum Gasteiger partial charge on any atom is -0.494 e. The first kappa shape index (κ1) is 26.7. The fourth-order valence-electron chi connectivity index (χ4n) is 5.49. The quantitative estimate of drug-likeness (QED) is 0.332. The molecule has 2 aromatic rings. The van der Waals surface area contributed by atoms with Crippen molar-refractivity contribution in [2.24, 2.45) is 16.7 Å². The fourth-order valence-corrected chi connectivity index (χ4v) is 5.75. The molecule has 1 N–H and O–H groups in total. The molecule has 0 radical (unpaired) electrons. The van der Waals surface area contributed by atoms with Crippen LogP contribution in [0.15, 0.2) is 53.0 Å². The van der Waals surface area contributed by atoms with E-state index < -0.39 is 34.5 Å². The summed E-state index contributed by atoms with van der Waals surface area (Å²) in [5.41, 5.74) is -2.71. The van der Waals surface area contributed by atoms with Gasteiger partial charge in [-0.25, -0.2) is 0 Å². The number of nitriles is 3. The van der Waals surface area contributed by atoms with E-state index in [2.05, 4.69) is 41.1 Å². The lowest BCUT2D eigenvalue weighted by Gasteiger charge is -2.48. The van der Waals surface area contributed by atoms with Gasteiger partial charge in [-0.3, -0.25) is 5.41 Å². The first-order valence-corrected chi connectivity index (χ1v) is 13.3. The molecule has 0 spiro atoms. The van der Waals surface area contributed by atoms with Crippen LogP contribution in [0.3, 0.4) is 0 Å². The molecule has 0 amide bonds. The van der Waals surface area contributed by atoms with E-state index in [0.29, 0.717) is 23.5 Å². The van der Waals surface area contributed by atoms with Crippen molar-refractivity contribution in [1.29, 1.82) is 21.2 Å². The third kappa shape index (κ3) is 4.08. The molecular weight excluding hydrogens is 532 g/mol. The van der Waals surface area contributed by atoms with E-state index in [1.54, 1.807) is 43.3 Å². The summed E-state index contributed by atoms with van der Waals surface area (Å²) in [6.07, 6.45) is 4.55. The number of unbranched alkanes of at least 4 members (excludes halogenated alkanes) is 4. The summed E-state index contributed by atoms with van der Waals surface area (Å²) in [6, 6.07) is 20.6. The third-order valence-electron chi connectivity index (χ3n) is 7.61. The first-order valence-electron chi connectivity index (χ1n) is 12.5. The molecule has 2 fully saturated rings. The van der Waals surface area contributed by atoms with Crippen molar-refractivity contribution < 1.29 is 14.2 Å². The number of fused-ring (bicyclic) bond motifs is 2. The van der Waals surface area contributed by atoms with Crippen molar-refractivity contribution >= 4 is 21.8 Å². The summed E-state index contributed by atoms with van der Waals surface area (Å²) in [5, 5.41) is 39.9. The van der Waals surface area contributed by atoms with Crippen LogP contribution in [0.25, 0.3) is 0 Å². The number of ether oxygens (including phenoxy) is 3. The van der Waals surface area contributed by atoms with Crippen molar-refractivity contribution in [2.75, 3.05) is 6.61 Å². The van der Waals surface area contributed by atoms with Gasteiger partial charge in [0.1, 0.15) is 11.9 Å². The maximum absolute atomic E-state index is 10.4. The Balaban J connectivity index is 1.71. The highest BCUT2D eigenvalue weighted by molar-refractivity contribution is 9.10. The SMILES string of the molecule is CCCCCCCOc1ccc(C2OC3(c4ccc(Br)cc4)OC(=N)C(C#N)(C3C)C2(C#N)C#N)cc1. The number of rotatable bonds is 9. The summed E-state index contributed by atoms with van der Waals surface area (Å²) in [7, 11) is 0. The van der Waals surface area contributed by atoms with Gasteiger partial charge in [0.2, 0.25) is 17.1 Å². The van der Waals surface area contributed by atoms with Crippen LogP contribution in [0.4, 0.5) is 0 Å². The van der Waals surface area contributed by atoms with E-state index in [-0.39, 0.29) is 0 Å². The predicted octanol–water partition coefficient (Wildman–Crippen LogP) is 6.91. The summed E-state index contributed by atoms with van der Waals surface area (Å²) >= 11 is 3.43. The zero-order chi connectivity index (χ0) is 26.7. The topological polar surface area (TPSA) is 123 Å². The average molecular weight is 561 g/mol. The Kier molecular flexibility index (Phi) is 7.60. The highest BCUT2D eigenvalue weighted by Crippen LogP contribution is 2.69. The third-order valence-corrected chi connectivity index (χ3v) is 8.14. The molecule has 2 saturated heterocycles. The lowest BCUT2D eigenvalue weighted by atomic mass is 9.53. The van der Waals surface area contributed by atoms with Gasteiger partial charge in [0.25, 0.3) is 0 Å². The van der Waals surface area contributed by atoms with E-state index in [4.69, 9.17) is 19.6 Å². The predicted molar refractivity (Wildman–Crippen MR) is 140 cm³/mol. The molecule has 2 bridgehead atoms. The van der Waals surface area contributed by atoms with Gasteiger partial charge in [0, 0.05) is 10.0 Å². The second kappa shape index (κ2) is 10.5. The monoisotopic (exact) mass is 560 g/mol. The van der Waals surface area contributed by atoms with Crippen LogP contribution < -0.4 is 4.74 Å². The normalized spacial score (nSPS) is 27.4. The molecule has 0 aliphatic carbocycles. The molecule has 7 nitrogen and oxygen atoms in total. The minimum absolute atomic E-state index is 0.431. The molecule has 2 aromatic carbocycles. The second-order valence-corrected chi connectivity index (χ2v) is 10.5. The molecule has 4 rings (SSSR count). The Bertz CT molecular complexity index is 1260. The Morgan fingerprint density at radius 1 is 0.946 bits per heavy atom. The lowest BCUT2D eigenvalue weighted by molar-refractivity contribution is -0.288. The van der Waals surface area contributed by atoms with Crippen LogP contribution >= 0.6 is 15.9 Å². The molecule has 37 heavy (non-hydrogen) atoms. The van der Waals surface area contributed by atoms with Crippen LogP contribution in [-0.2, 0) is 15.3 Å². The summed E-state index contributed by atoms with van der Waals surface area (Å²) < 4.78 is 19.3. The highest BCUT2D eigenvalue weighted by Gasteiger charge is 2.79. The van der Waals surface area contributed by atoms with Gasteiger partial charge in [-0.05, 0) is 36.2 Å². The first-order chi connectivity index (χ1) is 17.8. The zero-order valence-corrected chi connectivity index (χ0v) is 22.5. The van der Waals surface area contributed by atoms with Gasteiger partial charge in [0.05, 0.1) is 30.7 Å². The molecule has 190 valence electrons. The van der Waals surface area contributed by atoms with E-state index >= 15 is 0 Å². The molecule has 2 aliphatic rings. The molecule has 0 saturated carbocycles. The maximum Gasteiger partial charge on any atom is 0.244 e. The van der Waals surface area contributed by atoms with E-state index in [9.17, 15) is 15.8 Å². The van der Waals surface area contributed by atoms with Crippen LogP contribution in [-0.4, -0.2) is 12.5 Å². The number of nitrogens with one attached hydrogen (secondary N) is 1. The van der Waals surface area contributed by atoms with Gasteiger partial charge < -0.3 is 14.2 Å². The molecule has 4 atom stereocenters. The van der Waals surface area contributed by atoms with Crippen molar-refractivity contribution in [1.82, 2.24) is 0 Å². The van der Waals surface area contributed by atoms with Crippen LogP contribution in [0.1, 0.15) is 63.2 Å². The fraction of sp³-hybridized carbons (Fsp3) is 0.448. The maximum atomic E-state index is 10.4. The number of benzene rings is 2. The molecule has 0 aromatic heterocycles. The van der Waals surface area contributed by atoms with Gasteiger partial charge in [0.15, 0.2) is 5.41 Å². The molecule has 2 heterocycles. The van der Waals surface area contributed by atoms with E-state index in [1.165, 1.54) is 19.3 Å². The van der Waals surface area contributed by atoms with Crippen molar-refractivity contribution in [3.63, 3.8) is 0 Å². The number of nitrogens with zero attached hydrogens (tertiary/aromatic N) is 3. The van der Waals surface area contributed by atoms with Gasteiger partial charge in [-0.15, -0.1) is 0 Å². The smallest absolute Gasteiger partial charge is 0.244 e. The number of halogens is 1. The Morgan fingerprint density at radius 2 is 1.59 bits per heavy atom. The van der Waals surface area contributed by atoms with E-state index in [1.807, 2.05) is 12.1 Å². The van der Waals surface area contributed by atoms with Crippen LogP contribution in [0.2, 0.25) is 0 Å². The lowest BCUT2D eigenvalue weighted by Crippen LogP contribution is -2.57. The van der Waals surface area contributed by atoms with Crippen LogP contribution in [0.5, 0.6) is 5.75 Å². The number of hydrogen-bond donors (Lipinski definition) is 1. The average Bonchev–Trinajstić information content (AvgIpc) is 3.07. The van der Waals surface area contributed by atoms with E-state index in [0.717, 1.165) is 17.3 Å². The van der Waals surface area contributed by atoms with Gasteiger partial charge in [-0.1, -0.05) is 79.7 Å². The minimum atomic E-state index is -2.00. The van der Waals surface area contributed by atoms with Crippen molar-refractivity contribution in [3.8, 4) is 24.0 Å². The molecular formula is C29H29BrN4O3. The standard InChI is InChI=1S/C29H29BrN4O3/c1-3-4-5-6-7-16-35-24-14-8-21(9-15-24)25-27(17-31,18-32)28(19-33)20(2)29(36-25,37-26(28)34)22-10-12-23(30)13-11-22/h8-15,20,25,34H,3-7,16H2,1-2H3. The van der Waals surface area contributed by atoms with Crippen molar-refractivity contribution in [2.45, 2.75) is 57.8 Å². The Hall–Kier alpha value is -3.38. The summed E-state index contributed by atoms with van der Waals surface area (Å²) in [4.78, 5) is 0. The highest BCUT2D eigenvalue weighted by atomic mass is 79.9. The molecule has 4 unspecified atom stereocenters. The van der Waals surface area contributed by atoms with Crippen molar-refractivity contribution in [3.05, 3.63) is 64.1 Å². The molecule has 2 aliphatic heterocycles. The number of hydrogen-bond acceptors (Lipinski definition) is 7. The second-order valence-electron chi connectivity index (χ2n) is 9.61. The summed E-state index contributed by atoms with van der Waals surface area (Å²) in [5.74, 6) is -2.07.